The van der Waals surface area contributed by atoms with Gasteiger partial charge in [0.05, 0.1) is 24.7 Å². The van der Waals surface area contributed by atoms with Gasteiger partial charge in [0, 0.05) is 31.6 Å². The maximum Gasteiger partial charge on any atom is 0.372 e. The molecular weight excluding hydrogens is 500 g/mol. The van der Waals surface area contributed by atoms with E-state index in [0.717, 1.165) is 32.5 Å². The smallest absolute Gasteiger partial charge is 0.372 e. The van der Waals surface area contributed by atoms with Crippen LogP contribution in [0.4, 0.5) is 0 Å². The van der Waals surface area contributed by atoms with E-state index in [2.05, 4.69) is 63.6 Å². The van der Waals surface area contributed by atoms with Crippen LogP contribution in [-0.4, -0.2) is 51.0 Å². The van der Waals surface area contributed by atoms with Crippen LogP contribution in [0.3, 0.4) is 0 Å². The molecule has 1 N–H and O–H groups in total. The lowest BCUT2D eigenvalue weighted by molar-refractivity contribution is 0.0679. The Kier molecular flexibility index (Phi) is 7.04. The van der Waals surface area contributed by atoms with Crippen LogP contribution in [0.2, 0.25) is 0 Å². The highest BCUT2D eigenvalue weighted by Crippen LogP contribution is 2.38. The quantitative estimate of drug-likeness (QED) is 0.322. The highest BCUT2D eigenvalue weighted by atomic mass is 79.9. The number of methoxy groups -OCH3 is 2. The zero-order valence-corrected chi connectivity index (χ0v) is 21.2. The van der Waals surface area contributed by atoms with E-state index in [4.69, 9.17) is 14.5 Å². The second kappa shape index (κ2) is 9.99. The van der Waals surface area contributed by atoms with E-state index in [1.807, 2.05) is 6.07 Å². The minimum atomic E-state index is -1.08. The van der Waals surface area contributed by atoms with Crippen LogP contribution in [0.15, 0.2) is 47.2 Å². The summed E-state index contributed by atoms with van der Waals surface area (Å²) in [5.41, 5.74) is 4.68. The molecule has 0 radical (unpaired) electrons. The van der Waals surface area contributed by atoms with Crippen molar-refractivity contribution in [2.75, 3.05) is 20.8 Å². The largest absolute Gasteiger partial charge is 0.494 e. The van der Waals surface area contributed by atoms with Gasteiger partial charge in [-0.25, -0.2) is 14.8 Å². The Morgan fingerprint density at radius 3 is 2.56 bits per heavy atom. The lowest BCUT2D eigenvalue weighted by Crippen LogP contribution is -2.11. The molecule has 0 unspecified atom stereocenters. The molecule has 0 aliphatic heterocycles. The summed E-state index contributed by atoms with van der Waals surface area (Å²) in [4.78, 5) is 20.5. The van der Waals surface area contributed by atoms with Crippen molar-refractivity contribution in [3.05, 3.63) is 64.1 Å². The number of benzene rings is 2. The molecule has 2 heterocycles. The fourth-order valence-corrected chi connectivity index (χ4v) is 4.54. The fraction of sp³-hybridized carbons (Fsp3) is 0.320. The van der Waals surface area contributed by atoms with Crippen LogP contribution < -0.4 is 4.74 Å². The van der Waals surface area contributed by atoms with Crippen molar-refractivity contribution in [3.8, 4) is 17.1 Å². The van der Waals surface area contributed by atoms with Gasteiger partial charge >= 0.3 is 5.97 Å². The van der Waals surface area contributed by atoms with E-state index in [1.54, 1.807) is 25.0 Å². The van der Waals surface area contributed by atoms with Gasteiger partial charge in [-0.15, -0.1) is 0 Å². The molecule has 9 heteroatoms. The number of hydrogen-bond donors (Lipinski definition) is 1. The Balaban J connectivity index is 1.89. The summed E-state index contributed by atoms with van der Waals surface area (Å²) in [5, 5.41) is 9.43. The first-order valence-corrected chi connectivity index (χ1v) is 11.7. The van der Waals surface area contributed by atoms with Crippen molar-refractivity contribution >= 4 is 32.9 Å². The fourth-order valence-electron chi connectivity index (χ4n) is 4.02. The predicted octanol–water partition coefficient (Wildman–Crippen LogP) is 5.19. The van der Waals surface area contributed by atoms with Crippen LogP contribution in [0.25, 0.3) is 22.4 Å². The zero-order valence-electron chi connectivity index (χ0n) is 19.6. The Labute approximate surface area is 206 Å². The summed E-state index contributed by atoms with van der Waals surface area (Å²) in [6, 6.07) is 10.3. The van der Waals surface area contributed by atoms with Crippen LogP contribution in [0.5, 0.6) is 5.75 Å². The van der Waals surface area contributed by atoms with Crippen molar-refractivity contribution < 1.29 is 19.4 Å². The molecule has 0 fully saturated rings. The monoisotopic (exact) mass is 526 g/mol. The topological polar surface area (TPSA) is 91.4 Å². The maximum absolute atomic E-state index is 11.5. The predicted molar refractivity (Wildman–Crippen MR) is 134 cm³/mol. The molecule has 0 amide bonds. The molecule has 0 bridgehead atoms. The van der Waals surface area contributed by atoms with E-state index in [-0.39, 0.29) is 5.82 Å². The molecule has 2 aromatic heterocycles. The Morgan fingerprint density at radius 1 is 1.21 bits per heavy atom. The third kappa shape index (κ3) is 4.45. The molecule has 4 rings (SSSR count). The molecule has 8 nitrogen and oxygen atoms in total. The molecule has 0 aliphatic rings. The van der Waals surface area contributed by atoms with Gasteiger partial charge in [-0.2, -0.15) is 0 Å². The van der Waals surface area contributed by atoms with Crippen LogP contribution in [0, 0.1) is 0 Å². The van der Waals surface area contributed by atoms with Gasteiger partial charge < -0.3 is 23.7 Å². The van der Waals surface area contributed by atoms with E-state index >= 15 is 0 Å². The maximum atomic E-state index is 11.5. The molecular formula is C25H27BrN4O4. The highest BCUT2D eigenvalue weighted by molar-refractivity contribution is 9.10. The number of rotatable bonds is 9. The second-order valence-corrected chi connectivity index (χ2v) is 9.08. The van der Waals surface area contributed by atoms with E-state index in [1.165, 1.54) is 11.8 Å². The van der Waals surface area contributed by atoms with Crippen molar-refractivity contribution in [2.45, 2.75) is 32.9 Å². The summed E-state index contributed by atoms with van der Waals surface area (Å²) in [6.07, 6.45) is 3.12. The number of ether oxygens (including phenoxy) is 2. The van der Waals surface area contributed by atoms with Crippen LogP contribution in [-0.2, 0) is 17.8 Å². The first kappa shape index (κ1) is 24.0. The lowest BCUT2D eigenvalue weighted by Gasteiger charge is -2.14. The van der Waals surface area contributed by atoms with Crippen molar-refractivity contribution in [1.82, 2.24) is 19.1 Å². The number of halogens is 1. The number of imidazole rings is 2. The van der Waals surface area contributed by atoms with Crippen LogP contribution >= 0.6 is 15.9 Å². The Hall–Kier alpha value is -3.17. The number of carbonyl (C=O) groups is 1. The van der Waals surface area contributed by atoms with Gasteiger partial charge in [0.2, 0.25) is 5.82 Å². The second-order valence-electron chi connectivity index (χ2n) is 8.29. The number of aromatic nitrogens is 4. The molecule has 178 valence electrons. The SMILES string of the molecule is COCCn1c(-c2ccc(C(C)C)cc2)nc2c(Br)c(Cn3ccnc3C(=O)O)cc(OC)c21. The standard InChI is InChI=1S/C25H27BrN4O4/c1-15(2)16-5-7-17(8-6-16)23-28-21-20(26)18(14-29-10-9-27-24(29)25(31)32)13-19(34-4)22(21)30(23)11-12-33-3/h5-10,13,15H,11-12,14H2,1-4H3,(H,31,32). The molecule has 0 atom stereocenters. The summed E-state index contributed by atoms with van der Waals surface area (Å²) in [5.74, 6) is 0.802. The lowest BCUT2D eigenvalue weighted by atomic mass is 10.0. The summed E-state index contributed by atoms with van der Waals surface area (Å²) in [6.45, 7) is 5.76. The normalized spacial score (nSPS) is 11.5. The van der Waals surface area contributed by atoms with Gasteiger partial charge in [-0.05, 0) is 39.0 Å². The first-order valence-electron chi connectivity index (χ1n) is 10.9. The van der Waals surface area contributed by atoms with Crippen LogP contribution in [0.1, 0.15) is 41.5 Å². The molecule has 0 aliphatic carbocycles. The number of carboxylic acids is 1. The van der Waals surface area contributed by atoms with Gasteiger partial charge in [0.1, 0.15) is 22.6 Å². The average molecular weight is 527 g/mol. The van der Waals surface area contributed by atoms with Crippen molar-refractivity contribution in [1.29, 1.82) is 0 Å². The van der Waals surface area contributed by atoms with E-state index < -0.39 is 5.97 Å². The summed E-state index contributed by atoms with van der Waals surface area (Å²) in [7, 11) is 3.30. The molecule has 0 saturated carbocycles. The number of nitrogens with zero attached hydrogens (tertiary/aromatic N) is 4. The van der Waals surface area contributed by atoms with Gasteiger partial charge in [-0.3, -0.25) is 0 Å². The van der Waals surface area contributed by atoms with Gasteiger partial charge in [0.15, 0.2) is 0 Å². The highest BCUT2D eigenvalue weighted by Gasteiger charge is 2.22. The number of aromatic carboxylic acids is 1. The van der Waals surface area contributed by atoms with E-state index in [9.17, 15) is 9.90 Å². The molecule has 0 spiro atoms. The molecule has 4 aromatic rings. The number of fused-ring (bicyclic) bond motifs is 1. The van der Waals surface area contributed by atoms with Crippen molar-refractivity contribution in [2.24, 2.45) is 0 Å². The van der Waals surface area contributed by atoms with Gasteiger partial charge in [-0.1, -0.05) is 38.1 Å². The minimum absolute atomic E-state index is 0.0254. The van der Waals surface area contributed by atoms with Crippen molar-refractivity contribution in [3.63, 3.8) is 0 Å². The summed E-state index contributed by atoms with van der Waals surface area (Å²) < 4.78 is 15.6. The Bertz CT molecular complexity index is 1330. The van der Waals surface area contributed by atoms with E-state index in [0.29, 0.717) is 31.4 Å². The summed E-state index contributed by atoms with van der Waals surface area (Å²) >= 11 is 3.73. The number of hydrogen-bond acceptors (Lipinski definition) is 5. The Morgan fingerprint density at radius 2 is 1.94 bits per heavy atom. The third-order valence-electron chi connectivity index (χ3n) is 5.82. The molecule has 34 heavy (non-hydrogen) atoms. The molecule has 0 saturated heterocycles. The number of carboxylic acid groups (broad SMARTS) is 1. The first-order chi connectivity index (χ1) is 16.3. The average Bonchev–Trinajstić information content (AvgIpc) is 3.45. The third-order valence-corrected chi connectivity index (χ3v) is 6.70. The minimum Gasteiger partial charge on any atom is -0.494 e. The molecule has 2 aromatic carbocycles. The van der Waals surface area contributed by atoms with Gasteiger partial charge in [0.25, 0.3) is 0 Å². The zero-order chi connectivity index (χ0) is 24.4.